The molecule has 1 aliphatic rings. The van der Waals surface area contributed by atoms with Gasteiger partial charge in [-0.1, -0.05) is 12.2 Å². The van der Waals surface area contributed by atoms with Gasteiger partial charge in [-0.25, -0.2) is 9.97 Å². The van der Waals surface area contributed by atoms with Crippen molar-refractivity contribution in [3.63, 3.8) is 0 Å². The number of hydrogen-bond donors (Lipinski definition) is 1. The van der Waals surface area contributed by atoms with E-state index < -0.39 is 0 Å². The second-order valence-electron chi connectivity index (χ2n) is 3.59. The molecule has 0 aliphatic heterocycles. The lowest BCUT2D eigenvalue weighted by molar-refractivity contribution is 0.848. The smallest absolute Gasteiger partial charge is 0.231 e. The van der Waals surface area contributed by atoms with Gasteiger partial charge in [0.15, 0.2) is 0 Å². The zero-order valence-electron chi connectivity index (χ0n) is 8.20. The molecule has 0 saturated heterocycles. The Labute approximate surface area is 101 Å². The number of nitrogens with zero attached hydrogens (tertiary/aromatic N) is 5. The van der Waals surface area contributed by atoms with Gasteiger partial charge in [-0.2, -0.15) is 9.06 Å². The fourth-order valence-corrected chi connectivity index (χ4v) is 2.06. The average molecular weight is 252 g/mol. The minimum absolute atomic E-state index is 0.186. The fraction of sp³-hybridized carbons (Fsp3) is 0.375. The zero-order chi connectivity index (χ0) is 11.1. The van der Waals surface area contributed by atoms with Crippen LogP contribution in [0.3, 0.4) is 0 Å². The maximum absolute atomic E-state index is 5.43. The Morgan fingerprint density at radius 3 is 3.00 bits per heavy atom. The summed E-state index contributed by atoms with van der Waals surface area (Å²) in [5.74, 6) is 1.81. The largest absolute Gasteiger partial charge is 0.387 e. The first-order valence-corrected chi connectivity index (χ1v) is 5.97. The molecular formula is C8H8N6S2. The van der Waals surface area contributed by atoms with E-state index >= 15 is 0 Å². The van der Waals surface area contributed by atoms with Crippen LogP contribution in [-0.4, -0.2) is 29.1 Å². The number of thiocarbonyl (C=S) groups is 1. The molecule has 0 aromatic carbocycles. The lowest BCUT2D eigenvalue weighted by Gasteiger charge is -1.90. The molecule has 2 N–H and O–H groups in total. The summed E-state index contributed by atoms with van der Waals surface area (Å²) in [6.45, 7) is 0. The van der Waals surface area contributed by atoms with Gasteiger partial charge >= 0.3 is 0 Å². The van der Waals surface area contributed by atoms with Crippen molar-refractivity contribution < 1.29 is 0 Å². The molecule has 0 spiro atoms. The summed E-state index contributed by atoms with van der Waals surface area (Å²) in [4.78, 5) is 8.57. The van der Waals surface area contributed by atoms with Crippen LogP contribution < -0.4 is 5.73 Å². The topological polar surface area (TPSA) is 82.5 Å². The van der Waals surface area contributed by atoms with E-state index in [1.165, 1.54) is 24.4 Å². The van der Waals surface area contributed by atoms with Gasteiger partial charge in [0.05, 0.1) is 0 Å². The summed E-state index contributed by atoms with van der Waals surface area (Å²) >= 11 is 6.10. The van der Waals surface area contributed by atoms with Crippen LogP contribution in [0.1, 0.15) is 30.4 Å². The van der Waals surface area contributed by atoms with Crippen molar-refractivity contribution in [2.45, 2.75) is 18.8 Å². The van der Waals surface area contributed by atoms with Crippen molar-refractivity contribution in [2.24, 2.45) is 5.73 Å². The Morgan fingerprint density at radius 1 is 1.56 bits per heavy atom. The van der Waals surface area contributed by atoms with E-state index in [0.717, 1.165) is 5.82 Å². The van der Waals surface area contributed by atoms with Crippen LogP contribution in [0, 0.1) is 0 Å². The molecule has 8 heteroatoms. The van der Waals surface area contributed by atoms with E-state index in [1.54, 1.807) is 11.0 Å². The van der Waals surface area contributed by atoms with E-state index in [1.807, 2.05) is 0 Å². The van der Waals surface area contributed by atoms with E-state index in [0.29, 0.717) is 16.9 Å². The first-order valence-electron chi connectivity index (χ1n) is 4.79. The van der Waals surface area contributed by atoms with Crippen LogP contribution in [0.25, 0.3) is 5.13 Å². The maximum atomic E-state index is 5.43. The third-order valence-corrected chi connectivity index (χ3v) is 3.18. The SMILES string of the molecule is NC(=S)c1ncn(-c2nc(C3CC3)ns2)n1. The highest BCUT2D eigenvalue weighted by Gasteiger charge is 2.28. The molecule has 1 aliphatic carbocycles. The number of hydrogen-bond acceptors (Lipinski definition) is 6. The van der Waals surface area contributed by atoms with Crippen molar-refractivity contribution >= 4 is 28.7 Å². The summed E-state index contributed by atoms with van der Waals surface area (Å²) in [6.07, 6.45) is 3.92. The van der Waals surface area contributed by atoms with Crippen LogP contribution in [-0.2, 0) is 0 Å². The molecule has 3 rings (SSSR count). The highest BCUT2D eigenvalue weighted by Crippen LogP contribution is 2.38. The van der Waals surface area contributed by atoms with Crippen LogP contribution in [0.5, 0.6) is 0 Å². The third kappa shape index (κ3) is 1.69. The molecule has 6 nitrogen and oxygen atoms in total. The molecule has 0 radical (unpaired) electrons. The van der Waals surface area contributed by atoms with Gasteiger partial charge in [0.25, 0.3) is 0 Å². The quantitative estimate of drug-likeness (QED) is 0.807. The molecule has 1 saturated carbocycles. The minimum atomic E-state index is 0.186. The Morgan fingerprint density at radius 2 is 2.38 bits per heavy atom. The highest BCUT2D eigenvalue weighted by atomic mass is 32.1. The maximum Gasteiger partial charge on any atom is 0.231 e. The molecular weight excluding hydrogens is 244 g/mol. The van der Waals surface area contributed by atoms with Crippen LogP contribution in [0.15, 0.2) is 6.33 Å². The minimum Gasteiger partial charge on any atom is -0.387 e. The van der Waals surface area contributed by atoms with E-state index in [2.05, 4.69) is 19.4 Å². The van der Waals surface area contributed by atoms with Crippen molar-refractivity contribution in [1.29, 1.82) is 0 Å². The number of aromatic nitrogens is 5. The highest BCUT2D eigenvalue weighted by molar-refractivity contribution is 7.80. The molecule has 82 valence electrons. The lowest BCUT2D eigenvalue weighted by Crippen LogP contribution is -2.12. The zero-order valence-corrected chi connectivity index (χ0v) is 9.83. The van der Waals surface area contributed by atoms with Gasteiger partial charge in [0, 0.05) is 17.5 Å². The summed E-state index contributed by atoms with van der Waals surface area (Å²) in [6, 6.07) is 0. The standard InChI is InChI=1S/C8H8N6S2/c9-5(15)7-10-3-14(12-7)8-11-6(13-16-8)4-1-2-4/h3-4H,1-2H2,(H2,9,15). The van der Waals surface area contributed by atoms with Crippen LogP contribution >= 0.6 is 23.8 Å². The fourth-order valence-electron chi connectivity index (χ4n) is 1.29. The molecule has 0 bridgehead atoms. The van der Waals surface area contributed by atoms with Gasteiger partial charge in [0.1, 0.15) is 17.1 Å². The molecule has 2 aromatic heterocycles. The van der Waals surface area contributed by atoms with E-state index in [4.69, 9.17) is 18.0 Å². The Balaban J connectivity index is 1.91. The monoisotopic (exact) mass is 252 g/mol. The molecule has 0 amide bonds. The normalized spacial score (nSPS) is 15.2. The molecule has 1 fully saturated rings. The number of nitrogens with two attached hydrogens (primary N) is 1. The van der Waals surface area contributed by atoms with E-state index in [-0.39, 0.29) is 4.99 Å². The molecule has 0 atom stereocenters. The number of rotatable bonds is 3. The van der Waals surface area contributed by atoms with E-state index in [9.17, 15) is 0 Å². The summed E-state index contributed by atoms with van der Waals surface area (Å²) in [7, 11) is 0. The van der Waals surface area contributed by atoms with Crippen molar-refractivity contribution in [2.75, 3.05) is 0 Å². The Hall–Kier alpha value is -1.41. The van der Waals surface area contributed by atoms with Gasteiger partial charge in [-0.3, -0.25) is 0 Å². The van der Waals surface area contributed by atoms with Gasteiger partial charge in [-0.05, 0) is 12.8 Å². The summed E-state index contributed by atoms with van der Waals surface area (Å²) < 4.78 is 5.84. The van der Waals surface area contributed by atoms with Gasteiger partial charge in [-0.15, -0.1) is 5.10 Å². The van der Waals surface area contributed by atoms with Gasteiger partial charge < -0.3 is 5.73 Å². The molecule has 2 heterocycles. The second kappa shape index (κ2) is 3.56. The lowest BCUT2D eigenvalue weighted by atomic mass is 10.4. The third-order valence-electron chi connectivity index (χ3n) is 2.28. The van der Waals surface area contributed by atoms with Crippen LogP contribution in [0.4, 0.5) is 0 Å². The average Bonchev–Trinajstić information content (AvgIpc) is 2.83. The summed E-state index contributed by atoms with van der Waals surface area (Å²) in [5, 5.41) is 4.83. The summed E-state index contributed by atoms with van der Waals surface area (Å²) in [5.41, 5.74) is 5.43. The Kier molecular flexibility index (Phi) is 2.18. The molecule has 16 heavy (non-hydrogen) atoms. The van der Waals surface area contributed by atoms with Crippen molar-refractivity contribution in [3.8, 4) is 5.13 Å². The molecule has 0 unspecified atom stereocenters. The second-order valence-corrected chi connectivity index (χ2v) is 4.76. The predicted molar refractivity (Wildman–Crippen MR) is 62.7 cm³/mol. The predicted octanol–water partition coefficient (Wildman–Crippen LogP) is 0.630. The Bertz CT molecular complexity index is 540. The van der Waals surface area contributed by atoms with Gasteiger partial charge in [0.2, 0.25) is 11.0 Å². The van der Waals surface area contributed by atoms with Crippen molar-refractivity contribution in [3.05, 3.63) is 18.0 Å². The first kappa shape index (κ1) is 9.79. The molecule has 2 aromatic rings. The van der Waals surface area contributed by atoms with Crippen molar-refractivity contribution in [1.82, 2.24) is 24.1 Å². The first-order chi connectivity index (χ1) is 7.74. The van der Waals surface area contributed by atoms with Crippen LogP contribution in [0.2, 0.25) is 0 Å².